The normalized spacial score (nSPS) is 12.3. The van der Waals surface area contributed by atoms with E-state index in [0.717, 1.165) is 18.1 Å². The van der Waals surface area contributed by atoms with Gasteiger partial charge in [-0.2, -0.15) is 10.2 Å². The van der Waals surface area contributed by atoms with Crippen molar-refractivity contribution in [3.63, 3.8) is 0 Å². The third kappa shape index (κ3) is 2.42. The van der Waals surface area contributed by atoms with Gasteiger partial charge in [-0.3, -0.25) is 4.68 Å². The van der Waals surface area contributed by atoms with E-state index in [2.05, 4.69) is 47.9 Å². The Kier molecular flexibility index (Phi) is 3.19. The van der Waals surface area contributed by atoms with Crippen molar-refractivity contribution in [2.75, 3.05) is 0 Å². The lowest BCUT2D eigenvalue weighted by atomic mass is 10.0. The standard InChI is InChI=1S/C12H20N6/c1-9(2)17-8-14-11(16-17)6-12(4,5)18-10(3)13-7-15-18/h7-9H,6H2,1-5H3. The summed E-state index contributed by atoms with van der Waals surface area (Å²) in [5.41, 5.74) is -0.177. The molecular weight excluding hydrogens is 228 g/mol. The van der Waals surface area contributed by atoms with E-state index in [-0.39, 0.29) is 5.54 Å². The van der Waals surface area contributed by atoms with Crippen LogP contribution < -0.4 is 0 Å². The molecule has 0 aliphatic heterocycles. The van der Waals surface area contributed by atoms with E-state index in [1.54, 1.807) is 12.7 Å². The summed E-state index contributed by atoms with van der Waals surface area (Å²) in [6, 6.07) is 0.336. The van der Waals surface area contributed by atoms with Crippen molar-refractivity contribution in [3.8, 4) is 0 Å². The molecule has 0 saturated carbocycles. The summed E-state index contributed by atoms with van der Waals surface area (Å²) in [5, 5.41) is 8.75. The number of aryl methyl sites for hydroxylation is 1. The molecule has 6 nitrogen and oxygen atoms in total. The fourth-order valence-corrected chi connectivity index (χ4v) is 2.00. The summed E-state index contributed by atoms with van der Waals surface area (Å²) < 4.78 is 3.79. The second-order valence-corrected chi connectivity index (χ2v) is 5.44. The molecule has 0 N–H and O–H groups in total. The summed E-state index contributed by atoms with van der Waals surface area (Å²) in [5.74, 6) is 1.74. The largest absolute Gasteiger partial charge is 0.250 e. The molecule has 18 heavy (non-hydrogen) atoms. The summed E-state index contributed by atoms with van der Waals surface area (Å²) >= 11 is 0. The van der Waals surface area contributed by atoms with Gasteiger partial charge in [0.05, 0.1) is 5.54 Å². The average molecular weight is 248 g/mol. The van der Waals surface area contributed by atoms with Crippen LogP contribution in [0, 0.1) is 6.92 Å². The van der Waals surface area contributed by atoms with Crippen LogP contribution in [0.4, 0.5) is 0 Å². The lowest BCUT2D eigenvalue weighted by molar-refractivity contribution is 0.302. The van der Waals surface area contributed by atoms with Crippen LogP contribution in [0.2, 0.25) is 0 Å². The minimum absolute atomic E-state index is 0.177. The molecular formula is C12H20N6. The van der Waals surface area contributed by atoms with Gasteiger partial charge < -0.3 is 0 Å². The van der Waals surface area contributed by atoms with E-state index in [4.69, 9.17) is 0 Å². The Labute approximate surface area is 107 Å². The number of hydrogen-bond acceptors (Lipinski definition) is 4. The fraction of sp³-hybridized carbons (Fsp3) is 0.667. The highest BCUT2D eigenvalue weighted by molar-refractivity contribution is 4.95. The van der Waals surface area contributed by atoms with Crippen molar-refractivity contribution in [2.24, 2.45) is 0 Å². The Bertz CT molecular complexity index is 522. The van der Waals surface area contributed by atoms with Gasteiger partial charge in [-0.1, -0.05) is 0 Å². The Hall–Kier alpha value is -1.72. The summed E-state index contributed by atoms with van der Waals surface area (Å²) in [4.78, 5) is 8.52. The average Bonchev–Trinajstić information content (AvgIpc) is 2.86. The molecule has 0 amide bonds. The highest BCUT2D eigenvalue weighted by atomic mass is 15.4. The van der Waals surface area contributed by atoms with E-state index >= 15 is 0 Å². The maximum Gasteiger partial charge on any atom is 0.153 e. The van der Waals surface area contributed by atoms with Crippen LogP contribution in [-0.2, 0) is 12.0 Å². The third-order valence-corrected chi connectivity index (χ3v) is 2.97. The summed E-state index contributed by atoms with van der Waals surface area (Å²) in [7, 11) is 0. The maximum absolute atomic E-state index is 4.48. The highest BCUT2D eigenvalue weighted by Crippen LogP contribution is 2.19. The van der Waals surface area contributed by atoms with Crippen LogP contribution in [0.3, 0.4) is 0 Å². The molecule has 0 aliphatic rings. The van der Waals surface area contributed by atoms with Gasteiger partial charge in [0.15, 0.2) is 5.82 Å². The SMILES string of the molecule is Cc1ncnn1C(C)(C)Cc1ncn(C(C)C)n1. The van der Waals surface area contributed by atoms with Crippen LogP contribution in [-0.4, -0.2) is 29.5 Å². The van der Waals surface area contributed by atoms with E-state index in [0.29, 0.717) is 6.04 Å². The molecule has 2 rings (SSSR count). The van der Waals surface area contributed by atoms with Gasteiger partial charge in [0.1, 0.15) is 18.5 Å². The fourth-order valence-electron chi connectivity index (χ4n) is 2.00. The Morgan fingerprint density at radius 1 is 1.28 bits per heavy atom. The first-order valence-electron chi connectivity index (χ1n) is 6.17. The van der Waals surface area contributed by atoms with Gasteiger partial charge in [0.25, 0.3) is 0 Å². The zero-order valence-corrected chi connectivity index (χ0v) is 11.6. The first-order valence-corrected chi connectivity index (χ1v) is 6.17. The van der Waals surface area contributed by atoms with E-state index in [9.17, 15) is 0 Å². The quantitative estimate of drug-likeness (QED) is 0.826. The molecule has 0 fully saturated rings. The molecule has 98 valence electrons. The highest BCUT2D eigenvalue weighted by Gasteiger charge is 2.25. The lowest BCUT2D eigenvalue weighted by Gasteiger charge is -2.24. The molecule has 0 radical (unpaired) electrons. The van der Waals surface area contributed by atoms with Crippen LogP contribution in [0.1, 0.15) is 45.4 Å². The summed E-state index contributed by atoms with van der Waals surface area (Å²) in [6.07, 6.45) is 4.10. The van der Waals surface area contributed by atoms with Gasteiger partial charge in [-0.25, -0.2) is 14.6 Å². The lowest BCUT2D eigenvalue weighted by Crippen LogP contribution is -2.31. The van der Waals surface area contributed by atoms with Crippen molar-refractivity contribution in [3.05, 3.63) is 24.3 Å². The maximum atomic E-state index is 4.48. The Morgan fingerprint density at radius 3 is 2.50 bits per heavy atom. The minimum atomic E-state index is -0.177. The van der Waals surface area contributed by atoms with Crippen molar-refractivity contribution in [1.29, 1.82) is 0 Å². The number of aromatic nitrogens is 6. The molecule has 0 aromatic carbocycles. The van der Waals surface area contributed by atoms with Gasteiger partial charge in [0.2, 0.25) is 0 Å². The van der Waals surface area contributed by atoms with Crippen molar-refractivity contribution < 1.29 is 0 Å². The van der Waals surface area contributed by atoms with Crippen LogP contribution in [0.5, 0.6) is 0 Å². The molecule has 6 heteroatoms. The number of nitrogens with zero attached hydrogens (tertiary/aromatic N) is 6. The van der Waals surface area contributed by atoms with E-state index < -0.39 is 0 Å². The predicted octanol–water partition coefficient (Wildman–Crippen LogP) is 1.74. The van der Waals surface area contributed by atoms with Gasteiger partial charge in [-0.05, 0) is 34.6 Å². The number of rotatable bonds is 4. The summed E-state index contributed by atoms with van der Waals surface area (Å²) in [6.45, 7) is 10.4. The number of hydrogen-bond donors (Lipinski definition) is 0. The second kappa shape index (κ2) is 4.51. The molecule has 2 aromatic rings. The molecule has 0 aliphatic carbocycles. The smallest absolute Gasteiger partial charge is 0.153 e. The van der Waals surface area contributed by atoms with Crippen LogP contribution in [0.15, 0.2) is 12.7 Å². The van der Waals surface area contributed by atoms with Crippen LogP contribution >= 0.6 is 0 Å². The second-order valence-electron chi connectivity index (χ2n) is 5.44. The zero-order valence-electron chi connectivity index (χ0n) is 11.6. The van der Waals surface area contributed by atoms with Crippen molar-refractivity contribution in [2.45, 2.75) is 52.6 Å². The molecule has 2 heterocycles. The monoisotopic (exact) mass is 248 g/mol. The Balaban J connectivity index is 2.19. The topological polar surface area (TPSA) is 61.4 Å². The predicted molar refractivity (Wildman–Crippen MR) is 68.2 cm³/mol. The first kappa shape index (κ1) is 12.7. The molecule has 2 aromatic heterocycles. The van der Waals surface area contributed by atoms with Gasteiger partial charge in [0, 0.05) is 12.5 Å². The first-order chi connectivity index (χ1) is 8.40. The van der Waals surface area contributed by atoms with Gasteiger partial charge >= 0.3 is 0 Å². The zero-order chi connectivity index (χ0) is 13.3. The molecule has 0 atom stereocenters. The molecule has 0 spiro atoms. The van der Waals surface area contributed by atoms with Crippen molar-refractivity contribution >= 4 is 0 Å². The van der Waals surface area contributed by atoms with Crippen molar-refractivity contribution in [1.82, 2.24) is 29.5 Å². The molecule has 0 bridgehead atoms. The van der Waals surface area contributed by atoms with Gasteiger partial charge in [-0.15, -0.1) is 0 Å². The third-order valence-electron chi connectivity index (χ3n) is 2.97. The van der Waals surface area contributed by atoms with E-state index in [1.165, 1.54) is 0 Å². The van der Waals surface area contributed by atoms with Crippen LogP contribution in [0.25, 0.3) is 0 Å². The molecule has 0 unspecified atom stereocenters. The Morgan fingerprint density at radius 2 is 2.00 bits per heavy atom. The van der Waals surface area contributed by atoms with E-state index in [1.807, 2.05) is 16.3 Å². The minimum Gasteiger partial charge on any atom is -0.250 e. The molecule has 0 saturated heterocycles.